The maximum absolute atomic E-state index is 13.6. The van der Waals surface area contributed by atoms with Crippen molar-refractivity contribution in [2.24, 2.45) is 0 Å². The van der Waals surface area contributed by atoms with Gasteiger partial charge in [-0.15, -0.1) is 0 Å². The summed E-state index contributed by atoms with van der Waals surface area (Å²) in [5.41, 5.74) is 0.382. The summed E-state index contributed by atoms with van der Waals surface area (Å²) < 4.78 is 17.2. The number of hydrogen-bond donors (Lipinski definition) is 1. The Morgan fingerprint density at radius 1 is 1.16 bits per heavy atom. The zero-order chi connectivity index (χ0) is 13.2. The molecule has 7 heteroatoms. The number of amides is 1. The largest absolute Gasteiger partial charge is 0.295 e. The summed E-state index contributed by atoms with van der Waals surface area (Å²) >= 11 is 0.976. The maximum Gasteiger partial charge on any atom is 0.258 e. The normalized spacial score (nSPS) is 10.6. The van der Waals surface area contributed by atoms with Crippen LogP contribution in [0, 0.1) is 5.82 Å². The topological polar surface area (TPSA) is 67.8 Å². The van der Waals surface area contributed by atoms with Crippen LogP contribution < -0.4 is 5.32 Å². The first-order valence-electron chi connectivity index (χ1n) is 5.39. The lowest BCUT2D eigenvalue weighted by Gasteiger charge is -2.06. The van der Waals surface area contributed by atoms with Crippen molar-refractivity contribution in [3.63, 3.8) is 0 Å². The number of aromatic nitrogens is 3. The predicted octanol–water partition coefficient (Wildman–Crippen LogP) is 2.48. The molecule has 2 aromatic carbocycles. The average Bonchev–Trinajstić information content (AvgIpc) is 2.92. The molecule has 1 heterocycles. The summed E-state index contributed by atoms with van der Waals surface area (Å²) in [5.74, 6) is -0.723. The highest BCUT2D eigenvalue weighted by molar-refractivity contribution is 7.09. The van der Waals surface area contributed by atoms with Crippen LogP contribution in [-0.4, -0.2) is 20.7 Å². The molecule has 0 fully saturated rings. The second-order valence-corrected chi connectivity index (χ2v) is 4.49. The monoisotopic (exact) mass is 274 g/mol. The van der Waals surface area contributed by atoms with Gasteiger partial charge in [0.2, 0.25) is 5.13 Å². The van der Waals surface area contributed by atoms with Gasteiger partial charge in [-0.3, -0.25) is 10.1 Å². The van der Waals surface area contributed by atoms with Crippen molar-refractivity contribution in [2.45, 2.75) is 0 Å². The predicted molar refractivity (Wildman–Crippen MR) is 69.6 cm³/mol. The van der Waals surface area contributed by atoms with Crippen molar-refractivity contribution in [3.05, 3.63) is 47.8 Å². The first-order chi connectivity index (χ1) is 9.25. The minimum Gasteiger partial charge on any atom is -0.295 e. The molecule has 0 atom stereocenters. The molecular formula is C12H7FN4OS. The van der Waals surface area contributed by atoms with Gasteiger partial charge in [0.15, 0.2) is 0 Å². The van der Waals surface area contributed by atoms with E-state index in [1.165, 1.54) is 12.1 Å². The molecule has 0 aliphatic carbocycles. The van der Waals surface area contributed by atoms with Gasteiger partial charge in [0.25, 0.3) is 5.91 Å². The summed E-state index contributed by atoms with van der Waals surface area (Å²) in [6, 6.07) is 9.53. The van der Waals surface area contributed by atoms with Gasteiger partial charge in [0.1, 0.15) is 5.82 Å². The molecule has 0 spiro atoms. The molecule has 0 saturated heterocycles. The maximum atomic E-state index is 13.6. The summed E-state index contributed by atoms with van der Waals surface area (Å²) in [4.78, 5) is 12.1. The minimum atomic E-state index is -0.366. The van der Waals surface area contributed by atoms with Gasteiger partial charge in [0.05, 0.1) is 0 Å². The first-order valence-corrected chi connectivity index (χ1v) is 6.16. The Kier molecular flexibility index (Phi) is 2.88. The van der Waals surface area contributed by atoms with Crippen LogP contribution in [0.3, 0.4) is 0 Å². The second-order valence-electron chi connectivity index (χ2n) is 3.76. The van der Waals surface area contributed by atoms with Gasteiger partial charge in [-0.1, -0.05) is 33.9 Å². The number of fused-ring (bicyclic) bond motifs is 1. The molecule has 19 heavy (non-hydrogen) atoms. The lowest BCUT2D eigenvalue weighted by atomic mass is 10.0. The Hall–Kier alpha value is -2.41. The van der Waals surface area contributed by atoms with E-state index in [-0.39, 0.29) is 11.7 Å². The molecule has 1 N–H and O–H groups in total. The van der Waals surface area contributed by atoms with E-state index in [1.54, 1.807) is 24.3 Å². The van der Waals surface area contributed by atoms with Crippen LogP contribution in [-0.2, 0) is 0 Å². The number of halogens is 1. The molecule has 1 aromatic heterocycles. The number of carbonyl (C=O) groups is 1. The standard InChI is InChI=1S/C12H7FN4OS/c13-10-6-5-9(7-3-1-2-4-8(7)10)11(18)14-12-15-16-17-19-12/h1-6H,(H,14,15,17,18). The third-order valence-electron chi connectivity index (χ3n) is 2.64. The van der Waals surface area contributed by atoms with Crippen LogP contribution in [0.1, 0.15) is 10.4 Å². The smallest absolute Gasteiger partial charge is 0.258 e. The van der Waals surface area contributed by atoms with E-state index in [9.17, 15) is 9.18 Å². The van der Waals surface area contributed by atoms with Gasteiger partial charge in [-0.05, 0) is 22.7 Å². The lowest BCUT2D eigenvalue weighted by molar-refractivity contribution is 0.102. The van der Waals surface area contributed by atoms with E-state index >= 15 is 0 Å². The highest BCUT2D eigenvalue weighted by Gasteiger charge is 2.13. The van der Waals surface area contributed by atoms with Gasteiger partial charge in [-0.2, -0.15) is 0 Å². The highest BCUT2D eigenvalue weighted by atomic mass is 32.1. The number of nitrogens with one attached hydrogen (secondary N) is 1. The minimum absolute atomic E-state index is 0.304. The zero-order valence-corrected chi connectivity index (χ0v) is 10.3. The summed E-state index contributed by atoms with van der Waals surface area (Å²) in [7, 11) is 0. The van der Waals surface area contributed by atoms with E-state index in [4.69, 9.17) is 0 Å². The molecule has 0 radical (unpaired) electrons. The van der Waals surface area contributed by atoms with Crippen molar-refractivity contribution in [1.29, 1.82) is 0 Å². The van der Waals surface area contributed by atoms with Crippen molar-refractivity contribution in [3.8, 4) is 0 Å². The molecule has 3 rings (SSSR count). The molecule has 3 aromatic rings. The van der Waals surface area contributed by atoms with Crippen LogP contribution in [0.5, 0.6) is 0 Å². The van der Waals surface area contributed by atoms with Crippen molar-refractivity contribution in [1.82, 2.24) is 14.8 Å². The van der Waals surface area contributed by atoms with Crippen molar-refractivity contribution >= 4 is 33.3 Å². The Labute approximate surface area is 111 Å². The SMILES string of the molecule is O=C(Nc1nnns1)c1ccc(F)c2ccccc12. The van der Waals surface area contributed by atoms with Crippen LogP contribution >= 0.6 is 11.5 Å². The van der Waals surface area contributed by atoms with E-state index in [2.05, 4.69) is 20.1 Å². The fourth-order valence-electron chi connectivity index (χ4n) is 1.81. The number of rotatable bonds is 2. The van der Waals surface area contributed by atoms with Crippen molar-refractivity contribution in [2.75, 3.05) is 5.32 Å². The third kappa shape index (κ3) is 2.15. The Morgan fingerprint density at radius 3 is 2.68 bits per heavy atom. The Bertz CT molecular complexity index is 745. The number of nitrogens with zero attached hydrogens (tertiary/aromatic N) is 3. The fourth-order valence-corrected chi connectivity index (χ4v) is 2.17. The van der Waals surface area contributed by atoms with Crippen molar-refractivity contribution < 1.29 is 9.18 Å². The van der Waals surface area contributed by atoms with Gasteiger partial charge in [0, 0.05) is 22.5 Å². The summed E-state index contributed by atoms with van der Waals surface area (Å²) in [6.45, 7) is 0. The van der Waals surface area contributed by atoms with Gasteiger partial charge < -0.3 is 0 Å². The van der Waals surface area contributed by atoms with Crippen LogP contribution in [0.15, 0.2) is 36.4 Å². The summed E-state index contributed by atoms with van der Waals surface area (Å²) in [6.07, 6.45) is 0. The number of anilines is 1. The fraction of sp³-hybridized carbons (Fsp3) is 0. The molecule has 5 nitrogen and oxygen atoms in total. The quantitative estimate of drug-likeness (QED) is 0.779. The first kappa shape index (κ1) is 11.7. The third-order valence-corrected chi connectivity index (χ3v) is 3.15. The number of carbonyl (C=O) groups excluding carboxylic acids is 1. The number of benzene rings is 2. The van der Waals surface area contributed by atoms with E-state index in [0.29, 0.717) is 21.5 Å². The summed E-state index contributed by atoms with van der Waals surface area (Å²) in [5, 5.41) is 10.9. The van der Waals surface area contributed by atoms with Gasteiger partial charge in [-0.25, -0.2) is 4.39 Å². The lowest BCUT2D eigenvalue weighted by Crippen LogP contribution is -2.12. The number of hydrogen-bond acceptors (Lipinski definition) is 5. The Morgan fingerprint density at radius 2 is 1.95 bits per heavy atom. The molecule has 0 aliphatic rings. The zero-order valence-electron chi connectivity index (χ0n) is 9.50. The highest BCUT2D eigenvalue weighted by Crippen LogP contribution is 2.22. The van der Waals surface area contributed by atoms with Crippen LogP contribution in [0.4, 0.5) is 9.52 Å². The second kappa shape index (κ2) is 4.69. The van der Waals surface area contributed by atoms with Crippen LogP contribution in [0.25, 0.3) is 10.8 Å². The molecular weight excluding hydrogens is 267 g/mol. The van der Waals surface area contributed by atoms with E-state index in [1.807, 2.05) is 0 Å². The molecule has 0 aliphatic heterocycles. The van der Waals surface area contributed by atoms with E-state index in [0.717, 1.165) is 11.5 Å². The van der Waals surface area contributed by atoms with Gasteiger partial charge >= 0.3 is 0 Å². The molecule has 0 bridgehead atoms. The average molecular weight is 274 g/mol. The Balaban J connectivity index is 2.05. The molecule has 0 saturated carbocycles. The molecule has 94 valence electrons. The molecule has 0 unspecified atom stereocenters. The van der Waals surface area contributed by atoms with Crippen LogP contribution in [0.2, 0.25) is 0 Å². The van der Waals surface area contributed by atoms with E-state index < -0.39 is 0 Å². The molecule has 1 amide bonds.